The van der Waals surface area contributed by atoms with Gasteiger partial charge in [-0.3, -0.25) is 0 Å². The topological polar surface area (TPSA) is 57.9 Å². The summed E-state index contributed by atoms with van der Waals surface area (Å²) in [5.41, 5.74) is 0. The fourth-order valence-corrected chi connectivity index (χ4v) is 2.98. The standard InChI is InChI=1S/C9H16ClNO2S/c1-3-4-5-9(2,8-11)14(12,13)7-6-10/h3-7H2,1-2H3. The molecule has 1 unspecified atom stereocenters. The molecule has 0 aliphatic heterocycles. The SMILES string of the molecule is CCCCC(C)(C#N)S(=O)(=O)CCCl. The van der Waals surface area contributed by atoms with Crippen molar-refractivity contribution in [3.8, 4) is 6.07 Å². The third-order valence-electron chi connectivity index (χ3n) is 2.28. The molecule has 0 aromatic carbocycles. The number of unbranched alkanes of at least 4 members (excludes halogenated alkanes) is 1. The molecule has 0 heterocycles. The number of hydrogen-bond donors (Lipinski definition) is 0. The average molecular weight is 238 g/mol. The summed E-state index contributed by atoms with van der Waals surface area (Å²) >= 11 is 5.39. The number of nitriles is 1. The first-order chi connectivity index (χ1) is 6.43. The molecule has 82 valence electrons. The van der Waals surface area contributed by atoms with Crippen molar-refractivity contribution in [3.05, 3.63) is 0 Å². The molecule has 0 aromatic heterocycles. The zero-order chi connectivity index (χ0) is 11.2. The summed E-state index contributed by atoms with van der Waals surface area (Å²) in [7, 11) is -3.39. The molecule has 0 radical (unpaired) electrons. The fourth-order valence-electron chi connectivity index (χ4n) is 1.12. The molecule has 0 aliphatic rings. The first-order valence-corrected chi connectivity index (χ1v) is 6.81. The van der Waals surface area contributed by atoms with Crippen LogP contribution in [-0.4, -0.2) is 24.8 Å². The van der Waals surface area contributed by atoms with Gasteiger partial charge in [0.25, 0.3) is 0 Å². The second kappa shape index (κ2) is 5.57. The predicted molar refractivity (Wildman–Crippen MR) is 58.0 cm³/mol. The van der Waals surface area contributed by atoms with Crippen molar-refractivity contribution in [3.63, 3.8) is 0 Å². The smallest absolute Gasteiger partial charge is 0.170 e. The van der Waals surface area contributed by atoms with Crippen molar-refractivity contribution < 1.29 is 8.42 Å². The number of halogens is 1. The van der Waals surface area contributed by atoms with E-state index in [1.807, 2.05) is 13.0 Å². The lowest BCUT2D eigenvalue weighted by atomic mass is 10.1. The van der Waals surface area contributed by atoms with E-state index in [4.69, 9.17) is 16.9 Å². The average Bonchev–Trinajstić information content (AvgIpc) is 2.13. The van der Waals surface area contributed by atoms with Crippen molar-refractivity contribution >= 4 is 21.4 Å². The number of rotatable bonds is 6. The molecule has 0 amide bonds. The highest BCUT2D eigenvalue weighted by Crippen LogP contribution is 2.24. The summed E-state index contributed by atoms with van der Waals surface area (Å²) in [6.07, 6.45) is 2.01. The van der Waals surface area contributed by atoms with Gasteiger partial charge in [-0.05, 0) is 13.3 Å². The van der Waals surface area contributed by atoms with Crippen molar-refractivity contribution in [2.45, 2.75) is 37.9 Å². The highest BCUT2D eigenvalue weighted by molar-refractivity contribution is 7.93. The summed E-state index contributed by atoms with van der Waals surface area (Å²) < 4.78 is 22.1. The van der Waals surface area contributed by atoms with Crippen LogP contribution in [-0.2, 0) is 9.84 Å². The fraction of sp³-hybridized carbons (Fsp3) is 0.889. The van der Waals surface area contributed by atoms with Gasteiger partial charge in [0, 0.05) is 5.88 Å². The molecule has 0 aromatic rings. The van der Waals surface area contributed by atoms with Gasteiger partial charge in [0.2, 0.25) is 0 Å². The van der Waals surface area contributed by atoms with Gasteiger partial charge in [0.05, 0.1) is 11.8 Å². The molecule has 5 heteroatoms. The van der Waals surface area contributed by atoms with Crippen molar-refractivity contribution in [2.24, 2.45) is 0 Å². The third-order valence-corrected chi connectivity index (χ3v) is 5.10. The molecule has 0 saturated carbocycles. The molecule has 0 saturated heterocycles. The van der Waals surface area contributed by atoms with Gasteiger partial charge >= 0.3 is 0 Å². The largest absolute Gasteiger partial charge is 0.227 e. The van der Waals surface area contributed by atoms with Crippen molar-refractivity contribution in [1.82, 2.24) is 0 Å². The highest BCUT2D eigenvalue weighted by atomic mass is 35.5. The molecule has 0 N–H and O–H groups in total. The van der Waals surface area contributed by atoms with Crippen LogP contribution in [0.25, 0.3) is 0 Å². The summed E-state index contributed by atoms with van der Waals surface area (Å²) in [6, 6.07) is 1.89. The first kappa shape index (κ1) is 13.7. The third kappa shape index (κ3) is 3.14. The molecular weight excluding hydrogens is 222 g/mol. The number of hydrogen-bond acceptors (Lipinski definition) is 3. The predicted octanol–water partition coefficient (Wildman–Crippen LogP) is 2.11. The molecule has 0 bridgehead atoms. The van der Waals surface area contributed by atoms with Crippen LogP contribution in [0.2, 0.25) is 0 Å². The molecule has 0 fully saturated rings. The van der Waals surface area contributed by atoms with Crippen LogP contribution in [0.3, 0.4) is 0 Å². The van der Waals surface area contributed by atoms with E-state index in [1.54, 1.807) is 0 Å². The van der Waals surface area contributed by atoms with E-state index >= 15 is 0 Å². The van der Waals surface area contributed by atoms with Gasteiger partial charge in [0.15, 0.2) is 14.6 Å². The van der Waals surface area contributed by atoms with Crippen LogP contribution in [0.4, 0.5) is 0 Å². The Bertz CT molecular complexity index is 307. The number of sulfone groups is 1. The van der Waals surface area contributed by atoms with Gasteiger partial charge in [-0.25, -0.2) is 8.42 Å². The Balaban J connectivity index is 4.78. The quantitative estimate of drug-likeness (QED) is 0.665. The van der Waals surface area contributed by atoms with E-state index in [2.05, 4.69) is 0 Å². The van der Waals surface area contributed by atoms with E-state index in [9.17, 15) is 8.42 Å². The zero-order valence-electron chi connectivity index (χ0n) is 8.59. The molecule has 0 aliphatic carbocycles. The van der Waals surface area contributed by atoms with Crippen molar-refractivity contribution in [2.75, 3.05) is 11.6 Å². The minimum Gasteiger partial charge on any atom is -0.227 e. The molecular formula is C9H16ClNO2S. The second-order valence-corrected chi connectivity index (χ2v) is 6.37. The molecule has 3 nitrogen and oxygen atoms in total. The van der Waals surface area contributed by atoms with E-state index in [0.29, 0.717) is 6.42 Å². The van der Waals surface area contributed by atoms with Crippen LogP contribution >= 0.6 is 11.6 Å². The van der Waals surface area contributed by atoms with Crippen LogP contribution < -0.4 is 0 Å². The maximum atomic E-state index is 11.7. The Hall–Kier alpha value is -0.270. The van der Waals surface area contributed by atoms with Crippen LogP contribution in [0, 0.1) is 11.3 Å². The lowest BCUT2D eigenvalue weighted by molar-refractivity contribution is 0.543. The van der Waals surface area contributed by atoms with E-state index in [-0.39, 0.29) is 11.6 Å². The molecule has 1 atom stereocenters. The Kier molecular flexibility index (Phi) is 5.46. The van der Waals surface area contributed by atoms with Crippen LogP contribution in [0.15, 0.2) is 0 Å². The normalized spacial score (nSPS) is 15.9. The molecule has 0 spiro atoms. The lowest BCUT2D eigenvalue weighted by Gasteiger charge is -2.20. The second-order valence-electron chi connectivity index (χ2n) is 3.45. The Morgan fingerprint density at radius 1 is 1.50 bits per heavy atom. The Morgan fingerprint density at radius 2 is 2.07 bits per heavy atom. The number of alkyl halides is 1. The zero-order valence-corrected chi connectivity index (χ0v) is 10.2. The van der Waals surface area contributed by atoms with Crippen LogP contribution in [0.1, 0.15) is 33.1 Å². The van der Waals surface area contributed by atoms with Crippen molar-refractivity contribution in [1.29, 1.82) is 5.26 Å². The minimum absolute atomic E-state index is 0.0473. The minimum atomic E-state index is -3.39. The summed E-state index contributed by atoms with van der Waals surface area (Å²) in [6.45, 7) is 3.44. The van der Waals surface area contributed by atoms with Gasteiger partial charge in [-0.2, -0.15) is 5.26 Å². The van der Waals surface area contributed by atoms with E-state index in [1.165, 1.54) is 6.92 Å². The maximum absolute atomic E-state index is 11.7. The maximum Gasteiger partial charge on any atom is 0.170 e. The Labute approximate surface area is 91.0 Å². The van der Waals surface area contributed by atoms with Gasteiger partial charge in [0.1, 0.15) is 0 Å². The van der Waals surface area contributed by atoms with Gasteiger partial charge < -0.3 is 0 Å². The summed E-state index contributed by atoms with van der Waals surface area (Å²) in [5.74, 6) is -0.0753. The lowest BCUT2D eigenvalue weighted by Crippen LogP contribution is -2.36. The van der Waals surface area contributed by atoms with Crippen LogP contribution in [0.5, 0.6) is 0 Å². The summed E-state index contributed by atoms with van der Waals surface area (Å²) in [5, 5.41) is 8.90. The first-order valence-electron chi connectivity index (χ1n) is 4.63. The van der Waals surface area contributed by atoms with Gasteiger partial charge in [-0.15, -0.1) is 11.6 Å². The monoisotopic (exact) mass is 237 g/mol. The number of nitrogens with zero attached hydrogens (tertiary/aromatic N) is 1. The molecule has 0 rings (SSSR count). The summed E-state index contributed by atoms with van der Waals surface area (Å²) in [4.78, 5) is 0. The molecule has 14 heavy (non-hydrogen) atoms. The van der Waals surface area contributed by atoms with E-state index in [0.717, 1.165) is 12.8 Å². The Morgan fingerprint density at radius 3 is 2.43 bits per heavy atom. The highest BCUT2D eigenvalue weighted by Gasteiger charge is 2.37. The van der Waals surface area contributed by atoms with E-state index < -0.39 is 14.6 Å². The van der Waals surface area contributed by atoms with Gasteiger partial charge in [-0.1, -0.05) is 19.8 Å².